The maximum absolute atomic E-state index is 13.4. The summed E-state index contributed by atoms with van der Waals surface area (Å²) >= 11 is 0. The van der Waals surface area contributed by atoms with Crippen LogP contribution in [-0.2, 0) is 6.42 Å². The summed E-state index contributed by atoms with van der Waals surface area (Å²) in [5.74, 6) is 0.925. The Kier molecular flexibility index (Phi) is 7.80. The molecule has 5 nitrogen and oxygen atoms in total. The number of halogens is 2. The minimum Gasteiger partial charge on any atom is -1.00 e. The first-order chi connectivity index (χ1) is 15.0. The summed E-state index contributed by atoms with van der Waals surface area (Å²) in [6, 6.07) is 12.5. The molecule has 0 aliphatic carbocycles. The van der Waals surface area contributed by atoms with E-state index in [1.54, 1.807) is 26.4 Å². The number of ether oxygens (including phenoxy) is 2. The molecule has 172 valence electrons. The largest absolute Gasteiger partial charge is 1.00 e. The Bertz CT molecular complexity index is 980. The first-order valence-corrected chi connectivity index (χ1v) is 10.7. The summed E-state index contributed by atoms with van der Waals surface area (Å²) in [7, 11) is 5.39. The van der Waals surface area contributed by atoms with E-state index in [2.05, 4.69) is 18.0 Å². The number of nitrogens with zero attached hydrogens (tertiary/aromatic N) is 2. The molecular formula is C25H29ClFN2O3-. The van der Waals surface area contributed by atoms with Crippen molar-refractivity contribution in [3.63, 3.8) is 0 Å². The average Bonchev–Trinajstić information content (AvgIpc) is 2.99. The van der Waals surface area contributed by atoms with Crippen LogP contribution >= 0.6 is 0 Å². The van der Waals surface area contributed by atoms with Gasteiger partial charge in [-0.15, -0.1) is 0 Å². The van der Waals surface area contributed by atoms with Crippen molar-refractivity contribution in [1.29, 1.82) is 0 Å². The second-order valence-electron chi connectivity index (χ2n) is 8.23. The molecule has 2 aromatic rings. The fourth-order valence-corrected chi connectivity index (χ4v) is 4.62. The topological polar surface area (TPSA) is 42.0 Å². The van der Waals surface area contributed by atoms with Crippen molar-refractivity contribution in [1.82, 2.24) is 9.80 Å². The Labute approximate surface area is 195 Å². The number of benzene rings is 2. The molecular weight excluding hydrogens is 431 g/mol. The van der Waals surface area contributed by atoms with Crippen LogP contribution in [-0.4, -0.2) is 55.6 Å². The van der Waals surface area contributed by atoms with E-state index in [4.69, 9.17) is 9.47 Å². The lowest BCUT2D eigenvalue weighted by Crippen LogP contribution is -3.00. The molecule has 2 atom stereocenters. The van der Waals surface area contributed by atoms with Gasteiger partial charge in [0, 0.05) is 36.3 Å². The Morgan fingerprint density at radius 1 is 1.09 bits per heavy atom. The maximum Gasteiger partial charge on any atom is 0.258 e. The highest BCUT2D eigenvalue weighted by molar-refractivity contribution is 5.95. The average molecular weight is 460 g/mol. The van der Waals surface area contributed by atoms with Gasteiger partial charge in [0.05, 0.1) is 14.2 Å². The van der Waals surface area contributed by atoms with Crippen LogP contribution in [0, 0.1) is 5.82 Å². The molecule has 0 aromatic heterocycles. The van der Waals surface area contributed by atoms with Crippen molar-refractivity contribution in [3.8, 4) is 11.5 Å². The van der Waals surface area contributed by atoms with Crippen LogP contribution in [0.3, 0.4) is 0 Å². The van der Waals surface area contributed by atoms with Crippen LogP contribution in [0.2, 0.25) is 0 Å². The first kappa shape index (κ1) is 24.1. The number of hydrogen-bond donors (Lipinski definition) is 0. The molecule has 2 aliphatic heterocycles. The van der Waals surface area contributed by atoms with Crippen LogP contribution in [0.25, 0.3) is 0 Å². The molecule has 1 amide bonds. The van der Waals surface area contributed by atoms with Crippen LogP contribution in [0.1, 0.15) is 35.2 Å². The summed E-state index contributed by atoms with van der Waals surface area (Å²) in [4.78, 5) is 17.7. The fraction of sp³-hybridized carbons (Fsp3) is 0.400. The van der Waals surface area contributed by atoms with Crippen molar-refractivity contribution in [3.05, 3.63) is 71.2 Å². The van der Waals surface area contributed by atoms with E-state index in [0.717, 1.165) is 30.5 Å². The van der Waals surface area contributed by atoms with Crippen molar-refractivity contribution < 1.29 is 31.1 Å². The summed E-state index contributed by atoms with van der Waals surface area (Å²) in [5.41, 5.74) is 2.63. The number of carbonyl (C=O) groups excluding carboxylic acids is 1. The molecule has 0 radical (unpaired) electrons. The lowest BCUT2D eigenvalue weighted by molar-refractivity contribution is -0.0000178. The third kappa shape index (κ3) is 4.92. The van der Waals surface area contributed by atoms with Gasteiger partial charge >= 0.3 is 0 Å². The molecule has 7 heteroatoms. The molecule has 2 heterocycles. The molecule has 1 fully saturated rings. The van der Waals surface area contributed by atoms with Gasteiger partial charge in [-0.2, -0.15) is 0 Å². The smallest absolute Gasteiger partial charge is 0.258 e. The first-order valence-electron chi connectivity index (χ1n) is 10.7. The highest BCUT2D eigenvalue weighted by Crippen LogP contribution is 2.35. The van der Waals surface area contributed by atoms with Crippen molar-refractivity contribution in [2.24, 2.45) is 0 Å². The third-order valence-electron chi connectivity index (χ3n) is 6.48. The summed E-state index contributed by atoms with van der Waals surface area (Å²) < 4.78 is 24.1. The zero-order valence-corrected chi connectivity index (χ0v) is 19.4. The van der Waals surface area contributed by atoms with Gasteiger partial charge in [-0.1, -0.05) is 6.07 Å². The van der Waals surface area contributed by atoms with Gasteiger partial charge in [-0.05, 0) is 74.3 Å². The SMILES string of the molecule is COc1ccc(CCN(C(=O)c2ccc(F)cc2)C2=CC3CCC(C2)N3C)cc1OC.[Cl-]. The van der Waals surface area contributed by atoms with Gasteiger partial charge in [-0.25, -0.2) is 4.39 Å². The Morgan fingerprint density at radius 3 is 2.47 bits per heavy atom. The van der Waals surface area contributed by atoms with Gasteiger partial charge in [0.1, 0.15) is 5.82 Å². The number of amides is 1. The van der Waals surface area contributed by atoms with E-state index in [1.807, 2.05) is 23.1 Å². The van der Waals surface area contributed by atoms with E-state index in [-0.39, 0.29) is 24.1 Å². The predicted molar refractivity (Wildman–Crippen MR) is 118 cm³/mol. The molecule has 2 unspecified atom stereocenters. The molecule has 2 bridgehead atoms. The summed E-state index contributed by atoms with van der Waals surface area (Å²) in [5, 5.41) is 0. The fourth-order valence-electron chi connectivity index (χ4n) is 4.62. The van der Waals surface area contributed by atoms with Crippen molar-refractivity contribution >= 4 is 5.91 Å². The number of hydrogen-bond acceptors (Lipinski definition) is 4. The zero-order chi connectivity index (χ0) is 22.0. The predicted octanol–water partition coefficient (Wildman–Crippen LogP) is 1.28. The molecule has 0 N–H and O–H groups in total. The minimum absolute atomic E-state index is 0. The molecule has 32 heavy (non-hydrogen) atoms. The standard InChI is InChI=1S/C25H29FN2O3.ClH/c1-27-20-9-10-21(27)16-22(15-20)28(25(29)18-5-7-19(26)8-6-18)13-12-17-4-11-23(30-2)24(14-17)31-3;/h4-8,11,14-15,20-21H,9-10,12-13,16H2,1-3H3;1H/p-1. The number of likely N-dealkylation sites (N-methyl/N-ethyl adjacent to an activating group) is 1. The van der Waals surface area contributed by atoms with Crippen LogP contribution in [0.15, 0.2) is 54.2 Å². The number of carbonyl (C=O) groups is 1. The molecule has 0 saturated carbocycles. The van der Waals surface area contributed by atoms with Gasteiger partial charge < -0.3 is 26.8 Å². The normalized spacial score (nSPS) is 19.7. The number of rotatable bonds is 7. The van der Waals surface area contributed by atoms with Crippen LogP contribution in [0.4, 0.5) is 4.39 Å². The second kappa shape index (κ2) is 10.4. The third-order valence-corrected chi connectivity index (χ3v) is 6.48. The quantitative estimate of drug-likeness (QED) is 0.625. The second-order valence-corrected chi connectivity index (χ2v) is 8.23. The lowest BCUT2D eigenvalue weighted by atomic mass is 10.0. The van der Waals surface area contributed by atoms with E-state index in [0.29, 0.717) is 42.1 Å². The van der Waals surface area contributed by atoms with Gasteiger partial charge in [0.15, 0.2) is 11.5 Å². The molecule has 2 aliphatic rings. The van der Waals surface area contributed by atoms with Crippen molar-refractivity contribution in [2.45, 2.75) is 37.8 Å². The Balaban J connectivity index is 0.00000289. The lowest BCUT2D eigenvalue weighted by Gasteiger charge is -2.35. The molecule has 0 spiro atoms. The molecule has 2 aromatic carbocycles. The number of fused-ring (bicyclic) bond motifs is 2. The van der Waals surface area contributed by atoms with E-state index < -0.39 is 0 Å². The minimum atomic E-state index is -0.343. The van der Waals surface area contributed by atoms with Crippen LogP contribution in [0.5, 0.6) is 11.5 Å². The monoisotopic (exact) mass is 459 g/mol. The van der Waals surface area contributed by atoms with E-state index >= 15 is 0 Å². The van der Waals surface area contributed by atoms with Gasteiger partial charge in [0.25, 0.3) is 5.91 Å². The Hall–Kier alpha value is -2.57. The Morgan fingerprint density at radius 2 is 1.81 bits per heavy atom. The highest BCUT2D eigenvalue weighted by atomic mass is 35.5. The maximum atomic E-state index is 13.4. The highest BCUT2D eigenvalue weighted by Gasteiger charge is 2.36. The molecule has 1 saturated heterocycles. The molecule has 4 rings (SSSR count). The van der Waals surface area contributed by atoms with E-state index in [1.165, 1.54) is 12.1 Å². The number of methoxy groups -OCH3 is 2. The van der Waals surface area contributed by atoms with Crippen LogP contribution < -0.4 is 21.9 Å². The van der Waals surface area contributed by atoms with E-state index in [9.17, 15) is 9.18 Å². The summed E-state index contributed by atoms with van der Waals surface area (Å²) in [6.07, 6.45) is 6.04. The van der Waals surface area contributed by atoms with Crippen molar-refractivity contribution in [2.75, 3.05) is 27.8 Å². The summed E-state index contributed by atoms with van der Waals surface area (Å²) in [6.45, 7) is 0.542. The zero-order valence-electron chi connectivity index (χ0n) is 18.7. The van der Waals surface area contributed by atoms with Gasteiger partial charge in [0.2, 0.25) is 0 Å². The van der Waals surface area contributed by atoms with Gasteiger partial charge in [-0.3, -0.25) is 9.69 Å².